The first-order valence-corrected chi connectivity index (χ1v) is 22.0. The van der Waals surface area contributed by atoms with Crippen molar-refractivity contribution < 1.29 is 0 Å². The van der Waals surface area contributed by atoms with Gasteiger partial charge in [-0.05, 0) is 157 Å². The zero-order valence-corrected chi connectivity index (χ0v) is 35.8. The first-order chi connectivity index (χ1) is 30.3. The molecule has 2 aliphatic carbocycles. The van der Waals surface area contributed by atoms with Crippen LogP contribution in [0.3, 0.4) is 0 Å². The minimum atomic E-state index is -0.0424. The predicted octanol–water partition coefficient (Wildman–Crippen LogP) is 16.9. The highest BCUT2D eigenvalue weighted by Crippen LogP contribution is 2.52. The Bertz CT molecular complexity index is 3290. The van der Waals surface area contributed by atoms with Crippen LogP contribution in [0, 0.1) is 6.92 Å². The third-order valence-electron chi connectivity index (χ3n) is 13.7. The Balaban J connectivity index is 1.08. The van der Waals surface area contributed by atoms with E-state index in [1.54, 1.807) is 5.57 Å². The molecular formula is C61H49N. The maximum atomic E-state index is 4.53. The van der Waals surface area contributed by atoms with Crippen LogP contribution in [0.25, 0.3) is 65.7 Å². The average molecular weight is 796 g/mol. The van der Waals surface area contributed by atoms with E-state index in [1.807, 2.05) is 0 Å². The molecule has 0 bridgehead atoms. The van der Waals surface area contributed by atoms with Gasteiger partial charge in [0.15, 0.2) is 0 Å². The molecule has 9 aromatic rings. The Labute approximate surface area is 365 Å². The molecule has 0 heterocycles. The Morgan fingerprint density at radius 3 is 2.08 bits per heavy atom. The summed E-state index contributed by atoms with van der Waals surface area (Å²) in [4.78, 5) is 2.50. The van der Waals surface area contributed by atoms with Gasteiger partial charge in [0.25, 0.3) is 0 Å². The van der Waals surface area contributed by atoms with E-state index in [1.165, 1.54) is 93.6 Å². The lowest BCUT2D eigenvalue weighted by Crippen LogP contribution is -2.19. The topological polar surface area (TPSA) is 3.24 Å². The van der Waals surface area contributed by atoms with Crippen LogP contribution in [0.15, 0.2) is 206 Å². The Kier molecular flexibility index (Phi) is 9.16. The molecular weight excluding hydrogens is 747 g/mol. The monoisotopic (exact) mass is 795 g/mol. The van der Waals surface area contributed by atoms with Crippen LogP contribution < -0.4 is 4.90 Å². The van der Waals surface area contributed by atoms with E-state index in [9.17, 15) is 0 Å². The maximum Gasteiger partial charge on any atom is 0.0546 e. The molecule has 0 fully saturated rings. The maximum absolute atomic E-state index is 4.53. The second-order valence-electron chi connectivity index (χ2n) is 17.8. The van der Waals surface area contributed by atoms with Crippen molar-refractivity contribution in [2.75, 3.05) is 4.90 Å². The van der Waals surface area contributed by atoms with E-state index >= 15 is 0 Å². The van der Waals surface area contributed by atoms with Crippen molar-refractivity contribution in [3.63, 3.8) is 0 Å². The number of hydrogen-bond donors (Lipinski definition) is 0. The van der Waals surface area contributed by atoms with E-state index < -0.39 is 0 Å². The molecule has 0 unspecified atom stereocenters. The molecule has 0 saturated heterocycles. The van der Waals surface area contributed by atoms with E-state index in [4.69, 9.17) is 0 Å². The molecule has 0 saturated carbocycles. The summed E-state index contributed by atoms with van der Waals surface area (Å²) < 4.78 is 0. The van der Waals surface area contributed by atoms with Gasteiger partial charge in [-0.3, -0.25) is 0 Å². The summed E-state index contributed by atoms with van der Waals surface area (Å²) >= 11 is 0. The molecule has 0 radical (unpaired) electrons. The number of hydrogen-bond acceptors (Lipinski definition) is 1. The molecule has 0 aliphatic heterocycles. The fourth-order valence-electron chi connectivity index (χ4n) is 10.4. The number of anilines is 3. The predicted molar refractivity (Wildman–Crippen MR) is 267 cm³/mol. The van der Waals surface area contributed by atoms with Crippen molar-refractivity contribution in [2.45, 2.75) is 45.4 Å². The van der Waals surface area contributed by atoms with Crippen molar-refractivity contribution in [2.24, 2.45) is 0 Å². The fraction of sp³-hybridized carbons (Fsp3) is 0.115. The average Bonchev–Trinajstić information content (AvgIpc) is 3.55. The summed E-state index contributed by atoms with van der Waals surface area (Å²) in [5, 5.41) is 7.51. The number of allylic oxidation sites excluding steroid dienone is 5. The Morgan fingerprint density at radius 2 is 1.26 bits per heavy atom. The van der Waals surface area contributed by atoms with Crippen LogP contribution in [0.1, 0.15) is 54.5 Å². The van der Waals surface area contributed by atoms with Crippen LogP contribution in [-0.4, -0.2) is 0 Å². The largest absolute Gasteiger partial charge is 0.310 e. The number of nitrogens with zero attached hydrogens (tertiary/aromatic N) is 1. The quantitative estimate of drug-likeness (QED) is 0.139. The highest BCUT2D eigenvalue weighted by molar-refractivity contribution is 6.11. The molecule has 0 amide bonds. The molecule has 0 atom stereocenters. The van der Waals surface area contributed by atoms with Gasteiger partial charge in [-0.2, -0.15) is 0 Å². The third-order valence-corrected chi connectivity index (χ3v) is 13.7. The Hall–Kier alpha value is -7.22. The molecule has 2 aliphatic rings. The number of rotatable bonds is 8. The van der Waals surface area contributed by atoms with Gasteiger partial charge < -0.3 is 4.90 Å². The van der Waals surface area contributed by atoms with Crippen LogP contribution in [0.2, 0.25) is 0 Å². The number of benzene rings is 9. The van der Waals surface area contributed by atoms with Gasteiger partial charge in [-0.1, -0.05) is 178 Å². The van der Waals surface area contributed by atoms with Crippen molar-refractivity contribution in [1.82, 2.24) is 0 Å². The molecule has 1 nitrogen and oxygen atoms in total. The minimum Gasteiger partial charge on any atom is -0.310 e. The van der Waals surface area contributed by atoms with Gasteiger partial charge in [-0.15, -0.1) is 0 Å². The van der Waals surface area contributed by atoms with E-state index in [0.717, 1.165) is 36.2 Å². The van der Waals surface area contributed by atoms with Crippen LogP contribution in [0.4, 0.5) is 17.1 Å². The van der Waals surface area contributed by atoms with E-state index in [2.05, 4.69) is 226 Å². The molecule has 0 N–H and O–H groups in total. The molecule has 298 valence electrons. The van der Waals surface area contributed by atoms with E-state index in [0.29, 0.717) is 0 Å². The summed E-state index contributed by atoms with van der Waals surface area (Å²) in [7, 11) is 0. The van der Waals surface area contributed by atoms with Crippen molar-refractivity contribution in [3.05, 3.63) is 234 Å². The highest BCUT2D eigenvalue weighted by Gasteiger charge is 2.38. The zero-order chi connectivity index (χ0) is 42.0. The van der Waals surface area contributed by atoms with Gasteiger partial charge in [0.05, 0.1) is 5.69 Å². The van der Waals surface area contributed by atoms with Gasteiger partial charge in [0.1, 0.15) is 0 Å². The molecule has 11 rings (SSSR count). The molecule has 62 heavy (non-hydrogen) atoms. The van der Waals surface area contributed by atoms with Gasteiger partial charge in [0.2, 0.25) is 0 Å². The van der Waals surface area contributed by atoms with Crippen molar-refractivity contribution in [3.8, 4) is 22.3 Å². The summed E-state index contributed by atoms with van der Waals surface area (Å²) in [6.45, 7) is 11.6. The van der Waals surface area contributed by atoms with Crippen LogP contribution >= 0.6 is 0 Å². The second kappa shape index (κ2) is 15.0. The summed E-state index contributed by atoms with van der Waals surface area (Å²) in [6.07, 6.45) is 7.74. The fourth-order valence-corrected chi connectivity index (χ4v) is 10.4. The summed E-state index contributed by atoms with van der Waals surface area (Å²) in [5.74, 6) is 0. The second-order valence-corrected chi connectivity index (χ2v) is 17.8. The normalized spacial score (nSPS) is 14.0. The standard InChI is InChI=1S/C61H49N/c1-40-23-32-53-52(56(40)35-41(2)42-15-7-5-8-16-42)33-28-45-24-25-46(37-57(45)53)48-36-47-19-11-12-20-51(47)60(38-48)62(49-29-26-44(27-30-49)43-17-9-6-10-18-43)50-31-34-55-54-21-13-14-22-58(54)61(3,4)59(55)39-50/h5-13,15-21,23-34,36-39H,2,14,22,35H2,1,3-4H3. The zero-order valence-electron chi connectivity index (χ0n) is 35.8. The summed E-state index contributed by atoms with van der Waals surface area (Å²) in [6, 6.07) is 67.5. The molecule has 1 heteroatoms. The number of aryl methyl sites for hydroxylation is 1. The SMILES string of the molecule is C=C(Cc1c(C)ccc2c1ccc1ccc(-c3cc(N(c4ccc(-c5ccccc5)cc4)c4ccc5c(c4)C(C)(C)C4=C5C=CCC4)c4ccccc4c3)cc12)c1ccccc1. The minimum absolute atomic E-state index is 0.0424. The first kappa shape index (κ1) is 37.8. The summed E-state index contributed by atoms with van der Waals surface area (Å²) in [5.41, 5.74) is 18.9. The molecule has 0 spiro atoms. The third kappa shape index (κ3) is 6.39. The van der Waals surface area contributed by atoms with Crippen molar-refractivity contribution in [1.29, 1.82) is 0 Å². The van der Waals surface area contributed by atoms with Gasteiger partial charge in [0, 0.05) is 22.2 Å². The lowest BCUT2D eigenvalue weighted by molar-refractivity contribution is 0.607. The van der Waals surface area contributed by atoms with Gasteiger partial charge in [-0.25, -0.2) is 0 Å². The lowest BCUT2D eigenvalue weighted by atomic mass is 9.78. The molecule has 9 aromatic carbocycles. The van der Waals surface area contributed by atoms with Crippen molar-refractivity contribution >= 4 is 60.5 Å². The van der Waals surface area contributed by atoms with Crippen LogP contribution in [0.5, 0.6) is 0 Å². The number of fused-ring (bicyclic) bond motifs is 6. The Morgan fingerprint density at radius 1 is 0.565 bits per heavy atom. The smallest absolute Gasteiger partial charge is 0.0546 e. The van der Waals surface area contributed by atoms with E-state index in [-0.39, 0.29) is 5.41 Å². The first-order valence-electron chi connectivity index (χ1n) is 22.0. The highest BCUT2D eigenvalue weighted by atomic mass is 15.1. The lowest BCUT2D eigenvalue weighted by Gasteiger charge is -2.30. The van der Waals surface area contributed by atoms with Crippen LogP contribution in [-0.2, 0) is 11.8 Å². The van der Waals surface area contributed by atoms with Gasteiger partial charge >= 0.3 is 0 Å². The molecule has 0 aromatic heterocycles.